The van der Waals surface area contributed by atoms with Gasteiger partial charge in [-0.3, -0.25) is 0 Å². The number of hydrogen-bond acceptors (Lipinski definition) is 8. The number of esters is 2. The highest BCUT2D eigenvalue weighted by Gasteiger charge is 2.85. The van der Waals surface area contributed by atoms with Crippen molar-refractivity contribution < 1.29 is 39.1 Å². The molecule has 7 rings (SSSR count). The summed E-state index contributed by atoms with van der Waals surface area (Å²) >= 11 is 0. The topological polar surface area (TPSA) is 123 Å². The first kappa shape index (κ1) is 37.8. The molecule has 0 amide bonds. The van der Waals surface area contributed by atoms with Crippen LogP contribution in [0.2, 0.25) is 0 Å². The van der Waals surface area contributed by atoms with Crippen molar-refractivity contribution in [1.29, 1.82) is 0 Å². The van der Waals surface area contributed by atoms with Gasteiger partial charge in [0.25, 0.3) is 0 Å². The minimum atomic E-state index is -1.44. The van der Waals surface area contributed by atoms with Gasteiger partial charge >= 0.3 is 11.9 Å². The van der Waals surface area contributed by atoms with Gasteiger partial charge < -0.3 is 29.5 Å². The van der Waals surface area contributed by atoms with E-state index in [1.54, 1.807) is 26.0 Å². The number of carbonyl (C=O) groups is 2. The summed E-state index contributed by atoms with van der Waals surface area (Å²) < 4.78 is 19.8. The Morgan fingerprint density at radius 1 is 0.808 bits per heavy atom. The minimum absolute atomic E-state index is 0.00992. The van der Waals surface area contributed by atoms with E-state index < -0.39 is 58.4 Å². The lowest BCUT2D eigenvalue weighted by Crippen LogP contribution is -2.77. The van der Waals surface area contributed by atoms with Crippen LogP contribution in [0.25, 0.3) is 6.08 Å². The van der Waals surface area contributed by atoms with E-state index in [0.29, 0.717) is 36.7 Å². The lowest BCUT2D eigenvalue weighted by molar-refractivity contribution is -0.312. The lowest BCUT2D eigenvalue weighted by atomic mass is 9.30. The second kappa shape index (κ2) is 12.2. The predicted octanol–water partition coefficient (Wildman–Crippen LogP) is 7.39. The van der Waals surface area contributed by atoms with Crippen LogP contribution in [0.15, 0.2) is 48.1 Å². The minimum Gasteiger partial charge on any atom is -0.454 e. The van der Waals surface area contributed by atoms with Gasteiger partial charge in [-0.25, -0.2) is 9.59 Å². The van der Waals surface area contributed by atoms with Gasteiger partial charge in [0.05, 0.1) is 23.2 Å². The second-order valence-corrected chi connectivity index (χ2v) is 19.5. The molecule has 8 heteroatoms. The van der Waals surface area contributed by atoms with Gasteiger partial charge in [0.15, 0.2) is 12.4 Å². The van der Waals surface area contributed by atoms with Crippen molar-refractivity contribution in [3.8, 4) is 0 Å². The number of aliphatic hydroxyl groups excluding tert-OH is 3. The number of ether oxygens (including phenoxy) is 3. The highest BCUT2D eigenvalue weighted by atomic mass is 16.6. The monoisotopic (exact) mass is 718 g/mol. The quantitative estimate of drug-likeness (QED) is 0.213. The number of rotatable bonds is 5. The van der Waals surface area contributed by atoms with E-state index in [1.165, 1.54) is 6.08 Å². The molecular weight excluding hydrogens is 656 g/mol. The van der Waals surface area contributed by atoms with E-state index >= 15 is 0 Å². The molecule has 6 fully saturated rings. The van der Waals surface area contributed by atoms with Crippen molar-refractivity contribution in [2.24, 2.45) is 50.2 Å². The maximum Gasteiger partial charge on any atom is 0.333 e. The summed E-state index contributed by atoms with van der Waals surface area (Å²) in [6.07, 6.45) is 5.90. The first-order valence-electron chi connectivity index (χ1n) is 19.8. The average Bonchev–Trinajstić information content (AvgIpc) is 3.29. The zero-order valence-corrected chi connectivity index (χ0v) is 32.8. The molecule has 13 atom stereocenters. The molecule has 1 saturated heterocycles. The third-order valence-corrected chi connectivity index (χ3v) is 16.8. The van der Waals surface area contributed by atoms with Crippen molar-refractivity contribution >= 4 is 18.0 Å². The fourth-order valence-corrected chi connectivity index (χ4v) is 13.8. The third kappa shape index (κ3) is 4.85. The number of allylic oxidation sites excluding steroid dienone is 1. The molecule has 6 aliphatic rings. The van der Waals surface area contributed by atoms with Crippen LogP contribution in [0, 0.1) is 50.2 Å². The Hall–Kier alpha value is -2.52. The van der Waals surface area contributed by atoms with E-state index in [0.717, 1.165) is 37.7 Å². The molecule has 3 N–H and O–H groups in total. The summed E-state index contributed by atoms with van der Waals surface area (Å²) in [4.78, 5) is 27.3. The molecule has 286 valence electrons. The smallest absolute Gasteiger partial charge is 0.333 e. The molecule has 2 bridgehead atoms. The fourth-order valence-electron chi connectivity index (χ4n) is 13.8. The van der Waals surface area contributed by atoms with Crippen LogP contribution in [0.4, 0.5) is 0 Å². The molecule has 0 aromatic heterocycles. The second-order valence-electron chi connectivity index (χ2n) is 19.5. The summed E-state index contributed by atoms with van der Waals surface area (Å²) in [6, 6.07) is 9.45. The van der Waals surface area contributed by atoms with Crippen molar-refractivity contribution in [3.63, 3.8) is 0 Å². The Balaban J connectivity index is 1.32. The molecule has 0 radical (unpaired) electrons. The zero-order chi connectivity index (χ0) is 37.9. The van der Waals surface area contributed by atoms with Crippen LogP contribution in [-0.4, -0.2) is 63.6 Å². The maximum absolute atomic E-state index is 13.8. The van der Waals surface area contributed by atoms with Gasteiger partial charge in [-0.15, -0.1) is 0 Å². The van der Waals surface area contributed by atoms with Gasteiger partial charge in [-0.2, -0.15) is 0 Å². The summed E-state index contributed by atoms with van der Waals surface area (Å²) in [6.45, 7) is 19.2. The first-order valence-corrected chi connectivity index (χ1v) is 19.8. The number of hydrogen-bond donors (Lipinski definition) is 3. The summed E-state index contributed by atoms with van der Waals surface area (Å²) in [5.41, 5.74) is -2.60. The Kier molecular flexibility index (Phi) is 8.90. The molecule has 52 heavy (non-hydrogen) atoms. The number of fused-ring (bicyclic) bond motifs is 4. The Bertz CT molecular complexity index is 1650. The number of carbonyl (C=O) groups excluding carboxylic acids is 2. The van der Waals surface area contributed by atoms with Crippen LogP contribution in [0.1, 0.15) is 119 Å². The highest BCUT2D eigenvalue weighted by Crippen LogP contribution is 2.81. The molecule has 5 saturated carbocycles. The van der Waals surface area contributed by atoms with E-state index in [4.69, 9.17) is 14.2 Å². The normalized spacial score (nSPS) is 47.4. The van der Waals surface area contributed by atoms with E-state index in [2.05, 4.69) is 34.6 Å². The molecule has 1 heterocycles. The standard InChI is InChI=1S/C44H62O8/c1-10-26(2)36(48)51-34-35(50-33(47)17-16-27-14-12-11-13-15-27)44-30(24-38(34,3)4)43(52-37(44)49)23-19-29-40(7)21-20-31(45)39(5,6)28(40)18-22-41(29,8)42(43,9)25-32(44)46/h10-17,28-32,34-35,37,45-46,49H,18-25H2,1-9H3/b17-16-,26-10-/t28?,29?,30?,31-,32+,34-,35-,37-,40-,41+,42-,43-,44+/m0/s1. The summed E-state index contributed by atoms with van der Waals surface area (Å²) in [5.74, 6) is -0.817. The number of benzene rings is 1. The van der Waals surface area contributed by atoms with Crippen LogP contribution < -0.4 is 0 Å². The molecule has 5 aliphatic carbocycles. The van der Waals surface area contributed by atoms with Crippen LogP contribution in [0.5, 0.6) is 0 Å². The Morgan fingerprint density at radius 2 is 1.48 bits per heavy atom. The van der Waals surface area contributed by atoms with E-state index in [9.17, 15) is 24.9 Å². The van der Waals surface area contributed by atoms with Crippen LogP contribution in [-0.2, 0) is 23.8 Å². The summed E-state index contributed by atoms with van der Waals surface area (Å²) in [5, 5.41) is 36.4. The van der Waals surface area contributed by atoms with Crippen molar-refractivity contribution in [1.82, 2.24) is 0 Å². The molecule has 1 aromatic carbocycles. The average molecular weight is 719 g/mol. The fraction of sp³-hybridized carbons (Fsp3) is 0.727. The zero-order valence-electron chi connectivity index (χ0n) is 32.8. The highest BCUT2D eigenvalue weighted by molar-refractivity contribution is 5.88. The SMILES string of the molecule is C/C=C(/C)C(=O)O[C@H]1[C@H](OC(=O)/C=C\c2ccccc2)[C@@]23C(CC1(C)C)[C@]1(CCC4[C@@]5(C)CC[C@H](O)C(C)(C)C5CC[C@@]4(C)[C@]1(C)C[C@H]2O)O[C@@H]3O. The van der Waals surface area contributed by atoms with Gasteiger partial charge in [-0.05, 0) is 105 Å². The van der Waals surface area contributed by atoms with Gasteiger partial charge in [-0.1, -0.05) is 84.9 Å². The van der Waals surface area contributed by atoms with E-state index in [-0.39, 0.29) is 28.3 Å². The van der Waals surface area contributed by atoms with Gasteiger partial charge in [0.2, 0.25) is 0 Å². The predicted molar refractivity (Wildman–Crippen MR) is 198 cm³/mol. The third-order valence-electron chi connectivity index (χ3n) is 16.8. The molecular formula is C44H62O8. The molecule has 1 aliphatic heterocycles. The lowest BCUT2D eigenvalue weighted by Gasteiger charge is -2.75. The first-order chi connectivity index (χ1) is 24.3. The molecule has 1 aromatic rings. The number of aliphatic hydroxyl groups is 3. The largest absolute Gasteiger partial charge is 0.454 e. The van der Waals surface area contributed by atoms with Crippen LogP contribution >= 0.6 is 0 Å². The van der Waals surface area contributed by atoms with E-state index in [1.807, 2.05) is 44.2 Å². The summed E-state index contributed by atoms with van der Waals surface area (Å²) in [7, 11) is 0. The Labute approximate surface area is 310 Å². The maximum atomic E-state index is 13.8. The Morgan fingerprint density at radius 3 is 2.15 bits per heavy atom. The van der Waals surface area contributed by atoms with Crippen LogP contribution in [0.3, 0.4) is 0 Å². The van der Waals surface area contributed by atoms with Gasteiger partial charge in [0, 0.05) is 28.4 Å². The molecule has 3 unspecified atom stereocenters. The van der Waals surface area contributed by atoms with Gasteiger partial charge in [0.1, 0.15) is 6.10 Å². The molecule has 1 spiro atoms. The van der Waals surface area contributed by atoms with Crippen molar-refractivity contribution in [2.75, 3.05) is 0 Å². The van der Waals surface area contributed by atoms with Crippen molar-refractivity contribution in [2.45, 2.75) is 150 Å². The molecule has 8 nitrogen and oxygen atoms in total. The van der Waals surface area contributed by atoms with Crippen molar-refractivity contribution in [3.05, 3.63) is 53.6 Å².